The van der Waals surface area contributed by atoms with E-state index in [9.17, 15) is 0 Å². The van der Waals surface area contributed by atoms with Crippen LogP contribution in [0, 0.1) is 11.8 Å². The third kappa shape index (κ3) is 2.37. The van der Waals surface area contributed by atoms with Crippen molar-refractivity contribution in [2.75, 3.05) is 20.2 Å². The molecule has 3 nitrogen and oxygen atoms in total. The maximum Gasteiger partial charge on any atom is 0.212 e. The first-order chi connectivity index (χ1) is 8.86. The minimum atomic E-state index is 0.716. The van der Waals surface area contributed by atoms with Gasteiger partial charge in [0.1, 0.15) is 0 Å². The zero-order chi connectivity index (χ0) is 12.4. The summed E-state index contributed by atoms with van der Waals surface area (Å²) in [5.41, 5.74) is 1.41. The third-order valence-electron chi connectivity index (χ3n) is 4.61. The van der Waals surface area contributed by atoms with E-state index in [4.69, 9.17) is 4.74 Å². The van der Waals surface area contributed by atoms with Crippen molar-refractivity contribution in [1.82, 2.24) is 10.3 Å². The van der Waals surface area contributed by atoms with Crippen LogP contribution in [0.15, 0.2) is 18.3 Å². The topological polar surface area (TPSA) is 34.1 Å². The quantitative estimate of drug-likeness (QED) is 0.871. The minimum absolute atomic E-state index is 0.716. The summed E-state index contributed by atoms with van der Waals surface area (Å²) in [6.07, 6.45) is 7.44. The second-order valence-electron chi connectivity index (χ2n) is 5.67. The molecule has 1 aliphatic heterocycles. The van der Waals surface area contributed by atoms with Crippen molar-refractivity contribution in [2.24, 2.45) is 11.8 Å². The van der Waals surface area contributed by atoms with Gasteiger partial charge in [-0.25, -0.2) is 4.98 Å². The van der Waals surface area contributed by atoms with Crippen LogP contribution in [0.25, 0.3) is 0 Å². The first-order valence-electron chi connectivity index (χ1n) is 7.07. The fraction of sp³-hybridized carbons (Fsp3) is 0.667. The van der Waals surface area contributed by atoms with Gasteiger partial charge in [0, 0.05) is 12.3 Å². The van der Waals surface area contributed by atoms with Crippen molar-refractivity contribution < 1.29 is 4.74 Å². The molecule has 1 saturated carbocycles. The summed E-state index contributed by atoms with van der Waals surface area (Å²) in [6.45, 7) is 2.38. The predicted octanol–water partition coefficient (Wildman–Crippen LogP) is 2.58. The van der Waals surface area contributed by atoms with Crippen LogP contribution in [-0.4, -0.2) is 25.2 Å². The van der Waals surface area contributed by atoms with Crippen molar-refractivity contribution in [1.29, 1.82) is 0 Å². The number of fused-ring (bicyclic) bond motifs is 2. The van der Waals surface area contributed by atoms with E-state index in [-0.39, 0.29) is 0 Å². The van der Waals surface area contributed by atoms with Crippen LogP contribution in [0.1, 0.15) is 37.2 Å². The molecule has 1 saturated heterocycles. The summed E-state index contributed by atoms with van der Waals surface area (Å²) in [7, 11) is 1.67. The van der Waals surface area contributed by atoms with Gasteiger partial charge in [0.2, 0.25) is 5.88 Å². The van der Waals surface area contributed by atoms with E-state index >= 15 is 0 Å². The number of rotatable bonds is 2. The van der Waals surface area contributed by atoms with Crippen molar-refractivity contribution in [3.63, 3.8) is 0 Å². The SMILES string of the molecule is COc1ccc(C2CC3CCNCCC2C3)cn1. The Morgan fingerprint density at radius 1 is 1.22 bits per heavy atom. The van der Waals surface area contributed by atoms with E-state index in [1.807, 2.05) is 12.3 Å². The van der Waals surface area contributed by atoms with Crippen LogP contribution in [0.4, 0.5) is 0 Å². The smallest absolute Gasteiger partial charge is 0.212 e. The molecule has 98 valence electrons. The second kappa shape index (κ2) is 5.27. The molecule has 2 fully saturated rings. The van der Waals surface area contributed by atoms with Crippen LogP contribution in [0.3, 0.4) is 0 Å². The number of hydrogen-bond donors (Lipinski definition) is 1. The molecule has 1 aromatic heterocycles. The van der Waals surface area contributed by atoms with Crippen LogP contribution >= 0.6 is 0 Å². The van der Waals surface area contributed by atoms with Crippen molar-refractivity contribution in [3.05, 3.63) is 23.9 Å². The highest BCUT2D eigenvalue weighted by molar-refractivity contribution is 5.23. The zero-order valence-electron chi connectivity index (χ0n) is 11.1. The molecule has 1 aromatic rings. The predicted molar refractivity (Wildman–Crippen MR) is 71.8 cm³/mol. The molecule has 0 aromatic carbocycles. The standard InChI is InChI=1S/C15H22N2O/c1-18-15-3-2-13(10-17-15)14-9-11-4-6-16-7-5-12(14)8-11/h2-3,10-12,14,16H,4-9H2,1H3. The van der Waals surface area contributed by atoms with Gasteiger partial charge in [0.15, 0.2) is 0 Å². The van der Waals surface area contributed by atoms with Crippen molar-refractivity contribution in [2.45, 2.75) is 31.6 Å². The van der Waals surface area contributed by atoms with Gasteiger partial charge in [-0.15, -0.1) is 0 Å². The van der Waals surface area contributed by atoms with E-state index in [2.05, 4.69) is 16.4 Å². The first-order valence-corrected chi connectivity index (χ1v) is 7.07. The Kier molecular flexibility index (Phi) is 3.50. The van der Waals surface area contributed by atoms with Crippen LogP contribution in [0.2, 0.25) is 0 Å². The highest BCUT2D eigenvalue weighted by Gasteiger charge is 2.35. The Morgan fingerprint density at radius 2 is 2.11 bits per heavy atom. The summed E-state index contributed by atoms with van der Waals surface area (Å²) < 4.78 is 5.14. The van der Waals surface area contributed by atoms with Gasteiger partial charge in [0.05, 0.1) is 7.11 Å². The number of ether oxygens (including phenoxy) is 1. The van der Waals surface area contributed by atoms with Crippen LogP contribution in [0.5, 0.6) is 5.88 Å². The summed E-state index contributed by atoms with van der Waals surface area (Å²) in [4.78, 5) is 4.36. The van der Waals surface area contributed by atoms with Crippen molar-refractivity contribution >= 4 is 0 Å². The Bertz CT molecular complexity index is 390. The molecule has 0 radical (unpaired) electrons. The summed E-state index contributed by atoms with van der Waals surface area (Å²) in [5, 5.41) is 3.54. The lowest BCUT2D eigenvalue weighted by atomic mass is 9.87. The number of hydrogen-bond acceptors (Lipinski definition) is 3. The maximum absolute atomic E-state index is 5.14. The highest BCUT2D eigenvalue weighted by Crippen LogP contribution is 2.46. The molecular formula is C15H22N2O. The molecular weight excluding hydrogens is 224 g/mol. The normalized spacial score (nSPS) is 31.7. The van der Waals surface area contributed by atoms with Crippen LogP contribution < -0.4 is 10.1 Å². The largest absolute Gasteiger partial charge is 0.481 e. The fourth-order valence-corrected chi connectivity index (χ4v) is 3.65. The minimum Gasteiger partial charge on any atom is -0.481 e. The molecule has 18 heavy (non-hydrogen) atoms. The van der Waals surface area contributed by atoms with Crippen LogP contribution in [-0.2, 0) is 0 Å². The fourth-order valence-electron chi connectivity index (χ4n) is 3.65. The Morgan fingerprint density at radius 3 is 2.89 bits per heavy atom. The lowest BCUT2D eigenvalue weighted by molar-refractivity contribution is 0.384. The van der Waals surface area contributed by atoms with Gasteiger partial charge in [-0.2, -0.15) is 0 Å². The number of nitrogens with one attached hydrogen (secondary N) is 1. The maximum atomic E-state index is 5.14. The van der Waals surface area contributed by atoms with E-state index in [0.29, 0.717) is 5.92 Å². The number of methoxy groups -OCH3 is 1. The summed E-state index contributed by atoms with van der Waals surface area (Å²) >= 11 is 0. The highest BCUT2D eigenvalue weighted by atomic mass is 16.5. The zero-order valence-corrected chi connectivity index (χ0v) is 11.1. The van der Waals surface area contributed by atoms with Gasteiger partial charge >= 0.3 is 0 Å². The van der Waals surface area contributed by atoms with Gasteiger partial charge < -0.3 is 10.1 Å². The molecule has 3 atom stereocenters. The van der Waals surface area contributed by atoms with Gasteiger partial charge in [-0.05, 0) is 62.1 Å². The Balaban J connectivity index is 1.77. The molecule has 3 unspecified atom stereocenters. The molecule has 2 aliphatic rings. The average molecular weight is 246 g/mol. The second-order valence-corrected chi connectivity index (χ2v) is 5.67. The summed E-state index contributed by atoms with van der Waals surface area (Å²) in [5.74, 6) is 3.19. The first kappa shape index (κ1) is 12.0. The molecule has 1 N–H and O–H groups in total. The Labute approximate surface area is 109 Å². The summed E-state index contributed by atoms with van der Waals surface area (Å²) in [6, 6.07) is 4.20. The molecule has 3 rings (SSSR count). The van der Waals surface area contributed by atoms with Gasteiger partial charge in [-0.3, -0.25) is 0 Å². The molecule has 2 heterocycles. The van der Waals surface area contributed by atoms with E-state index in [1.54, 1.807) is 7.11 Å². The van der Waals surface area contributed by atoms with Gasteiger partial charge in [0.25, 0.3) is 0 Å². The van der Waals surface area contributed by atoms with E-state index in [1.165, 1.54) is 44.3 Å². The lowest BCUT2D eigenvalue weighted by Crippen LogP contribution is -2.23. The van der Waals surface area contributed by atoms with Gasteiger partial charge in [-0.1, -0.05) is 6.07 Å². The molecule has 3 heteroatoms. The van der Waals surface area contributed by atoms with Crippen molar-refractivity contribution in [3.8, 4) is 5.88 Å². The number of aromatic nitrogens is 1. The lowest BCUT2D eigenvalue weighted by Gasteiger charge is -2.20. The number of nitrogens with zero attached hydrogens (tertiary/aromatic N) is 1. The monoisotopic (exact) mass is 246 g/mol. The molecule has 0 amide bonds. The molecule has 2 bridgehead atoms. The average Bonchev–Trinajstić information content (AvgIpc) is 2.82. The Hall–Kier alpha value is -1.09. The molecule has 0 spiro atoms. The molecule has 1 aliphatic carbocycles. The third-order valence-corrected chi connectivity index (χ3v) is 4.61. The van der Waals surface area contributed by atoms with E-state index < -0.39 is 0 Å². The number of pyridine rings is 1. The van der Waals surface area contributed by atoms with E-state index in [0.717, 1.165) is 17.7 Å².